The number of nitrogens with one attached hydrogen (secondary N) is 2. The molecule has 0 aromatic carbocycles. The van der Waals surface area contributed by atoms with Crippen molar-refractivity contribution in [3.63, 3.8) is 0 Å². The van der Waals surface area contributed by atoms with Gasteiger partial charge in [0.15, 0.2) is 5.96 Å². The Kier molecular flexibility index (Phi) is 10.9. The van der Waals surface area contributed by atoms with Gasteiger partial charge in [-0.15, -0.1) is 24.0 Å². The van der Waals surface area contributed by atoms with E-state index in [0.717, 1.165) is 70.7 Å². The molecule has 2 fully saturated rings. The van der Waals surface area contributed by atoms with Crippen LogP contribution in [0.5, 0.6) is 0 Å². The van der Waals surface area contributed by atoms with E-state index >= 15 is 0 Å². The van der Waals surface area contributed by atoms with Gasteiger partial charge >= 0.3 is 0 Å². The molecule has 24 heavy (non-hydrogen) atoms. The van der Waals surface area contributed by atoms with Crippen molar-refractivity contribution < 1.29 is 4.74 Å². The van der Waals surface area contributed by atoms with Crippen LogP contribution in [0, 0.1) is 5.92 Å². The fourth-order valence-corrected chi connectivity index (χ4v) is 2.89. The highest BCUT2D eigenvalue weighted by molar-refractivity contribution is 14.0. The molecule has 1 saturated carbocycles. The molecule has 0 spiro atoms. The number of rotatable bonds is 9. The number of ether oxygens (including phenoxy) is 1. The second-order valence-electron chi connectivity index (χ2n) is 6.93. The highest BCUT2D eigenvalue weighted by atomic mass is 127. The molecule has 0 radical (unpaired) electrons. The monoisotopic (exact) mass is 450 g/mol. The minimum atomic E-state index is 0. The Labute approximate surface area is 164 Å². The zero-order chi connectivity index (χ0) is 16.5. The van der Waals surface area contributed by atoms with Crippen molar-refractivity contribution in [2.24, 2.45) is 10.9 Å². The summed E-state index contributed by atoms with van der Waals surface area (Å²) in [6.45, 7) is 14.8. The maximum atomic E-state index is 5.65. The molecule has 0 atom stereocenters. The number of hydrogen-bond acceptors (Lipinski definition) is 3. The summed E-state index contributed by atoms with van der Waals surface area (Å²) in [4.78, 5) is 7.12. The summed E-state index contributed by atoms with van der Waals surface area (Å²) in [7, 11) is 0. The summed E-state index contributed by atoms with van der Waals surface area (Å²) < 4.78 is 5.65. The lowest BCUT2D eigenvalue weighted by Crippen LogP contribution is -2.49. The SMILES string of the molecule is C=C(C)CN1CCC(NC(=NCCOCC2CC2)NCC)CC1.I. The molecule has 0 unspecified atom stereocenters. The molecule has 6 heteroatoms. The van der Waals surface area contributed by atoms with Gasteiger partial charge in [0.25, 0.3) is 0 Å². The fraction of sp³-hybridized carbons (Fsp3) is 0.833. The van der Waals surface area contributed by atoms with Crippen LogP contribution in [0.15, 0.2) is 17.1 Å². The number of likely N-dealkylation sites (tertiary alicyclic amines) is 1. The van der Waals surface area contributed by atoms with Crippen LogP contribution >= 0.6 is 24.0 Å². The van der Waals surface area contributed by atoms with Gasteiger partial charge in [0.05, 0.1) is 13.2 Å². The third-order valence-electron chi connectivity index (χ3n) is 4.32. The van der Waals surface area contributed by atoms with Gasteiger partial charge in [-0.3, -0.25) is 9.89 Å². The van der Waals surface area contributed by atoms with Gasteiger partial charge in [-0.25, -0.2) is 0 Å². The van der Waals surface area contributed by atoms with Crippen molar-refractivity contribution >= 4 is 29.9 Å². The number of halogens is 1. The van der Waals surface area contributed by atoms with E-state index in [2.05, 4.69) is 41.0 Å². The van der Waals surface area contributed by atoms with Crippen molar-refractivity contribution in [1.29, 1.82) is 0 Å². The first-order valence-electron chi connectivity index (χ1n) is 9.16. The molecule has 140 valence electrons. The Morgan fingerprint density at radius 1 is 1.25 bits per heavy atom. The van der Waals surface area contributed by atoms with Gasteiger partial charge in [-0.2, -0.15) is 0 Å². The Hall–Kier alpha value is -0.340. The highest BCUT2D eigenvalue weighted by Gasteiger charge is 2.21. The third kappa shape index (κ3) is 9.22. The van der Waals surface area contributed by atoms with Gasteiger partial charge in [0.2, 0.25) is 0 Å². The molecule has 2 aliphatic rings. The fourth-order valence-electron chi connectivity index (χ4n) is 2.89. The lowest BCUT2D eigenvalue weighted by Gasteiger charge is -2.33. The average Bonchev–Trinajstić information content (AvgIpc) is 3.33. The second kappa shape index (κ2) is 12.1. The molecule has 0 aromatic rings. The molecule has 0 aromatic heterocycles. The van der Waals surface area contributed by atoms with Crippen LogP contribution < -0.4 is 10.6 Å². The predicted molar refractivity (Wildman–Crippen MR) is 112 cm³/mol. The molecule has 2 rings (SSSR count). The largest absolute Gasteiger partial charge is 0.379 e. The van der Waals surface area contributed by atoms with Crippen molar-refractivity contribution in [2.45, 2.75) is 45.6 Å². The normalized spacial score (nSPS) is 19.7. The van der Waals surface area contributed by atoms with E-state index in [1.54, 1.807) is 0 Å². The van der Waals surface area contributed by atoms with Gasteiger partial charge in [-0.05, 0) is 45.4 Å². The smallest absolute Gasteiger partial charge is 0.191 e. The second-order valence-corrected chi connectivity index (χ2v) is 6.93. The molecule has 1 saturated heterocycles. The molecule has 5 nitrogen and oxygen atoms in total. The van der Waals surface area contributed by atoms with Crippen molar-refractivity contribution in [3.8, 4) is 0 Å². The number of hydrogen-bond donors (Lipinski definition) is 2. The number of nitrogens with zero attached hydrogens (tertiary/aromatic N) is 2. The van der Waals surface area contributed by atoms with E-state index in [1.165, 1.54) is 18.4 Å². The van der Waals surface area contributed by atoms with E-state index in [4.69, 9.17) is 4.74 Å². The molecule has 2 N–H and O–H groups in total. The Morgan fingerprint density at radius 3 is 2.54 bits per heavy atom. The van der Waals surface area contributed by atoms with Crippen LogP contribution in [0.4, 0.5) is 0 Å². The van der Waals surface area contributed by atoms with Gasteiger partial charge in [-0.1, -0.05) is 12.2 Å². The molecular formula is C18H35IN4O. The van der Waals surface area contributed by atoms with Crippen LogP contribution in [-0.2, 0) is 4.74 Å². The average molecular weight is 450 g/mol. The first-order chi connectivity index (χ1) is 11.2. The molecular weight excluding hydrogens is 415 g/mol. The minimum Gasteiger partial charge on any atom is -0.379 e. The van der Waals surface area contributed by atoms with E-state index in [1.807, 2.05) is 0 Å². The maximum Gasteiger partial charge on any atom is 0.191 e. The van der Waals surface area contributed by atoms with Gasteiger partial charge in [0.1, 0.15) is 0 Å². The van der Waals surface area contributed by atoms with Gasteiger partial charge in [0, 0.05) is 38.8 Å². The van der Waals surface area contributed by atoms with E-state index in [9.17, 15) is 0 Å². The molecule has 1 aliphatic heterocycles. The Bertz CT molecular complexity index is 390. The molecule has 0 amide bonds. The highest BCUT2D eigenvalue weighted by Crippen LogP contribution is 2.28. The van der Waals surface area contributed by atoms with Crippen molar-refractivity contribution in [3.05, 3.63) is 12.2 Å². The minimum absolute atomic E-state index is 0. The molecule has 1 heterocycles. The summed E-state index contributed by atoms with van der Waals surface area (Å²) in [5.41, 5.74) is 1.25. The number of piperidine rings is 1. The molecule has 1 aliphatic carbocycles. The van der Waals surface area contributed by atoms with Crippen molar-refractivity contribution in [1.82, 2.24) is 15.5 Å². The maximum absolute atomic E-state index is 5.65. The van der Waals surface area contributed by atoms with Crippen LogP contribution in [0.1, 0.15) is 39.5 Å². The summed E-state index contributed by atoms with van der Waals surface area (Å²) in [5, 5.41) is 6.92. The summed E-state index contributed by atoms with van der Waals surface area (Å²) in [6, 6.07) is 0.515. The quantitative estimate of drug-likeness (QED) is 0.187. The number of aliphatic imine (C=N–C) groups is 1. The Balaban J connectivity index is 0.00000288. The van der Waals surface area contributed by atoms with Crippen LogP contribution in [0.2, 0.25) is 0 Å². The van der Waals surface area contributed by atoms with E-state index < -0.39 is 0 Å². The van der Waals surface area contributed by atoms with Gasteiger partial charge < -0.3 is 15.4 Å². The lowest BCUT2D eigenvalue weighted by atomic mass is 10.0. The standard InChI is InChI=1S/C18H34N4O.HI/c1-4-19-18(20-9-12-23-14-16-5-6-16)21-17-7-10-22(11-8-17)13-15(2)3;/h16-17H,2,4-14H2,1,3H3,(H2,19,20,21);1H. The van der Waals surface area contributed by atoms with Crippen molar-refractivity contribution in [2.75, 3.05) is 45.9 Å². The van der Waals surface area contributed by atoms with Crippen LogP contribution in [0.3, 0.4) is 0 Å². The van der Waals surface area contributed by atoms with E-state index in [-0.39, 0.29) is 24.0 Å². The summed E-state index contributed by atoms with van der Waals surface area (Å²) in [5.74, 6) is 1.76. The van der Waals surface area contributed by atoms with Crippen LogP contribution in [-0.4, -0.2) is 62.8 Å². The zero-order valence-electron chi connectivity index (χ0n) is 15.4. The number of guanidine groups is 1. The molecule has 0 bridgehead atoms. The van der Waals surface area contributed by atoms with E-state index in [0.29, 0.717) is 6.04 Å². The summed E-state index contributed by atoms with van der Waals surface area (Å²) in [6.07, 6.45) is 5.01. The Morgan fingerprint density at radius 2 is 1.96 bits per heavy atom. The lowest BCUT2D eigenvalue weighted by molar-refractivity contribution is 0.131. The first kappa shape index (κ1) is 21.7. The summed E-state index contributed by atoms with van der Waals surface area (Å²) >= 11 is 0. The zero-order valence-corrected chi connectivity index (χ0v) is 17.7. The van der Waals surface area contributed by atoms with Crippen LogP contribution in [0.25, 0.3) is 0 Å². The predicted octanol–water partition coefficient (Wildman–Crippen LogP) is 2.63. The topological polar surface area (TPSA) is 48.9 Å². The first-order valence-corrected chi connectivity index (χ1v) is 9.16. The third-order valence-corrected chi connectivity index (χ3v) is 4.32.